The zero-order valence-corrected chi connectivity index (χ0v) is 12.2. The van der Waals surface area contributed by atoms with Crippen LogP contribution in [0.2, 0.25) is 5.02 Å². The summed E-state index contributed by atoms with van der Waals surface area (Å²) >= 11 is 13.2. The van der Waals surface area contributed by atoms with Crippen LogP contribution in [-0.4, -0.2) is 22.9 Å². The van der Waals surface area contributed by atoms with Crippen molar-refractivity contribution in [3.63, 3.8) is 0 Å². The molecule has 2 unspecified atom stereocenters. The minimum absolute atomic E-state index is 0.527. The van der Waals surface area contributed by atoms with Crippen LogP contribution in [0.25, 0.3) is 0 Å². The Morgan fingerprint density at radius 3 is 2.80 bits per heavy atom. The Morgan fingerprint density at radius 2 is 2.27 bits per heavy atom. The van der Waals surface area contributed by atoms with Crippen LogP contribution in [0.4, 0.5) is 5.82 Å². The van der Waals surface area contributed by atoms with Gasteiger partial charge in [0.15, 0.2) is 0 Å². The first-order valence-electron chi connectivity index (χ1n) is 4.78. The standard InChI is InChI=1S/C10H11Br2ClN2/c1-6-4-15(5-8(6)12)10-9(13)2-7(11)3-14-10/h2-3,6,8H,4-5H2,1H3. The van der Waals surface area contributed by atoms with Gasteiger partial charge in [-0.3, -0.25) is 0 Å². The van der Waals surface area contributed by atoms with Crippen LogP contribution < -0.4 is 4.90 Å². The maximum Gasteiger partial charge on any atom is 0.147 e. The first-order chi connectivity index (χ1) is 7.08. The minimum Gasteiger partial charge on any atom is -0.354 e. The predicted molar refractivity (Wildman–Crippen MR) is 71.0 cm³/mol. The highest BCUT2D eigenvalue weighted by Crippen LogP contribution is 2.32. The molecule has 15 heavy (non-hydrogen) atoms. The quantitative estimate of drug-likeness (QED) is 0.715. The van der Waals surface area contributed by atoms with E-state index in [1.807, 2.05) is 6.07 Å². The summed E-state index contributed by atoms with van der Waals surface area (Å²) in [5.74, 6) is 1.51. The van der Waals surface area contributed by atoms with Crippen molar-refractivity contribution in [3.05, 3.63) is 21.8 Å². The largest absolute Gasteiger partial charge is 0.354 e. The Kier molecular flexibility index (Phi) is 3.58. The minimum atomic E-state index is 0.527. The number of hydrogen-bond acceptors (Lipinski definition) is 2. The van der Waals surface area contributed by atoms with Gasteiger partial charge in [0, 0.05) is 28.6 Å². The maximum absolute atomic E-state index is 6.16. The molecule has 0 aromatic carbocycles. The summed E-state index contributed by atoms with van der Waals surface area (Å²) in [4.78, 5) is 7.10. The van der Waals surface area contributed by atoms with Crippen LogP contribution in [-0.2, 0) is 0 Å². The molecule has 5 heteroatoms. The van der Waals surface area contributed by atoms with E-state index in [1.165, 1.54) is 0 Å². The zero-order valence-electron chi connectivity index (χ0n) is 8.25. The van der Waals surface area contributed by atoms with E-state index in [2.05, 4.69) is 48.7 Å². The summed E-state index contributed by atoms with van der Waals surface area (Å²) in [6.07, 6.45) is 1.79. The van der Waals surface area contributed by atoms with E-state index in [-0.39, 0.29) is 0 Å². The van der Waals surface area contributed by atoms with Crippen molar-refractivity contribution in [1.29, 1.82) is 0 Å². The van der Waals surface area contributed by atoms with E-state index in [9.17, 15) is 0 Å². The molecule has 2 atom stereocenters. The molecule has 0 bridgehead atoms. The van der Waals surface area contributed by atoms with Crippen molar-refractivity contribution >= 4 is 49.3 Å². The van der Waals surface area contributed by atoms with Crippen molar-refractivity contribution < 1.29 is 0 Å². The van der Waals surface area contributed by atoms with Gasteiger partial charge in [0.2, 0.25) is 0 Å². The van der Waals surface area contributed by atoms with Gasteiger partial charge in [-0.25, -0.2) is 4.98 Å². The van der Waals surface area contributed by atoms with Gasteiger partial charge in [0.05, 0.1) is 5.02 Å². The van der Waals surface area contributed by atoms with Crippen molar-refractivity contribution in [2.45, 2.75) is 11.8 Å². The van der Waals surface area contributed by atoms with E-state index >= 15 is 0 Å². The lowest BCUT2D eigenvalue weighted by Crippen LogP contribution is -2.21. The molecule has 0 aliphatic carbocycles. The number of halogens is 3. The van der Waals surface area contributed by atoms with Crippen molar-refractivity contribution in [3.8, 4) is 0 Å². The summed E-state index contributed by atoms with van der Waals surface area (Å²) in [6, 6.07) is 1.89. The SMILES string of the molecule is CC1CN(c2ncc(Br)cc2Cl)CC1Br. The van der Waals surface area contributed by atoms with Gasteiger partial charge in [-0.1, -0.05) is 34.5 Å². The second-order valence-corrected chi connectivity index (χ2v) is 6.36. The summed E-state index contributed by atoms with van der Waals surface area (Å²) < 4.78 is 0.916. The lowest BCUT2D eigenvalue weighted by Gasteiger charge is -2.18. The average Bonchev–Trinajstić information content (AvgIpc) is 2.46. The lowest BCUT2D eigenvalue weighted by atomic mass is 10.2. The summed E-state index contributed by atoms with van der Waals surface area (Å²) in [7, 11) is 0. The van der Waals surface area contributed by atoms with Gasteiger partial charge in [-0.15, -0.1) is 0 Å². The molecule has 0 radical (unpaired) electrons. The molecule has 1 aromatic heterocycles. The molecule has 0 amide bonds. The monoisotopic (exact) mass is 352 g/mol. The molecule has 2 rings (SSSR count). The maximum atomic E-state index is 6.16. The van der Waals surface area contributed by atoms with Crippen molar-refractivity contribution in [2.75, 3.05) is 18.0 Å². The van der Waals surface area contributed by atoms with E-state index in [0.29, 0.717) is 15.8 Å². The third kappa shape index (κ3) is 2.48. The number of nitrogens with zero attached hydrogens (tertiary/aromatic N) is 2. The third-order valence-electron chi connectivity index (χ3n) is 2.61. The van der Waals surface area contributed by atoms with Gasteiger partial charge in [0.1, 0.15) is 5.82 Å². The molecular formula is C10H11Br2ClN2. The fourth-order valence-electron chi connectivity index (χ4n) is 1.74. The molecule has 0 saturated carbocycles. The highest BCUT2D eigenvalue weighted by Gasteiger charge is 2.29. The molecule has 82 valence electrons. The van der Waals surface area contributed by atoms with E-state index in [1.54, 1.807) is 6.20 Å². The molecule has 2 heterocycles. The number of aromatic nitrogens is 1. The number of rotatable bonds is 1. The molecule has 2 nitrogen and oxygen atoms in total. The first-order valence-corrected chi connectivity index (χ1v) is 6.86. The molecular weight excluding hydrogens is 343 g/mol. The molecule has 1 aliphatic rings. The molecule has 1 saturated heterocycles. The van der Waals surface area contributed by atoms with Crippen LogP contribution in [0, 0.1) is 5.92 Å². The predicted octanol–water partition coefficient (Wildman–Crippen LogP) is 3.72. The van der Waals surface area contributed by atoms with Crippen molar-refractivity contribution in [2.24, 2.45) is 5.92 Å². The summed E-state index contributed by atoms with van der Waals surface area (Å²) in [5, 5.41) is 0.707. The number of alkyl halides is 1. The smallest absolute Gasteiger partial charge is 0.147 e. The average molecular weight is 354 g/mol. The second kappa shape index (κ2) is 4.60. The lowest BCUT2D eigenvalue weighted by molar-refractivity contribution is 0.679. The van der Waals surface area contributed by atoms with Crippen LogP contribution in [0.5, 0.6) is 0 Å². The topological polar surface area (TPSA) is 16.1 Å². The summed E-state index contributed by atoms with van der Waals surface area (Å²) in [6.45, 7) is 4.20. The number of anilines is 1. The Hall–Kier alpha value is 0.200. The molecule has 1 aromatic rings. The zero-order chi connectivity index (χ0) is 11.0. The molecule has 0 N–H and O–H groups in total. The molecule has 1 fully saturated rings. The van der Waals surface area contributed by atoms with Crippen LogP contribution in [0.3, 0.4) is 0 Å². The van der Waals surface area contributed by atoms with E-state index in [0.717, 1.165) is 23.4 Å². The third-order valence-corrected chi connectivity index (χ3v) is 4.51. The van der Waals surface area contributed by atoms with Crippen molar-refractivity contribution in [1.82, 2.24) is 4.98 Å². The highest BCUT2D eigenvalue weighted by molar-refractivity contribution is 9.10. The Morgan fingerprint density at radius 1 is 1.53 bits per heavy atom. The highest BCUT2D eigenvalue weighted by atomic mass is 79.9. The number of hydrogen-bond donors (Lipinski definition) is 0. The normalized spacial score (nSPS) is 26.0. The Labute approximate surface area is 111 Å². The van der Waals surface area contributed by atoms with Crippen LogP contribution in [0.1, 0.15) is 6.92 Å². The van der Waals surface area contributed by atoms with Gasteiger partial charge < -0.3 is 4.90 Å². The van der Waals surface area contributed by atoms with E-state index < -0.39 is 0 Å². The van der Waals surface area contributed by atoms with Crippen LogP contribution >= 0.6 is 43.5 Å². The van der Waals surface area contributed by atoms with Gasteiger partial charge in [-0.2, -0.15) is 0 Å². The Bertz CT molecular complexity index is 362. The fraction of sp³-hybridized carbons (Fsp3) is 0.500. The number of pyridine rings is 1. The first kappa shape index (κ1) is 11.7. The fourth-order valence-corrected chi connectivity index (χ4v) is 3.01. The summed E-state index contributed by atoms with van der Waals surface area (Å²) in [5.41, 5.74) is 0. The van der Waals surface area contributed by atoms with E-state index in [4.69, 9.17) is 11.6 Å². The van der Waals surface area contributed by atoms with Crippen LogP contribution in [0.15, 0.2) is 16.7 Å². The molecule has 1 aliphatic heterocycles. The Balaban J connectivity index is 2.24. The molecule has 0 spiro atoms. The van der Waals surface area contributed by atoms with Gasteiger partial charge in [0.25, 0.3) is 0 Å². The van der Waals surface area contributed by atoms with Gasteiger partial charge >= 0.3 is 0 Å². The van der Waals surface area contributed by atoms with Gasteiger partial charge in [-0.05, 0) is 27.9 Å². The second-order valence-electron chi connectivity index (χ2n) is 3.86.